The number of nitrogens with one attached hydrogen (secondary N) is 1. The van der Waals surface area contributed by atoms with Crippen LogP contribution in [-0.2, 0) is 0 Å². The van der Waals surface area contributed by atoms with Gasteiger partial charge < -0.3 is 9.84 Å². The zero-order valence-electron chi connectivity index (χ0n) is 21.0. The lowest BCUT2D eigenvalue weighted by Crippen LogP contribution is -2.54. The Labute approximate surface area is 217 Å². The molecule has 1 saturated carbocycles. The number of piperazine rings is 1. The molecule has 0 unspecified atom stereocenters. The molecule has 3 aromatic rings. The molecular formula is C28H36N4O3S. The standard InChI is InChI=1S/C28H36N4O3S/c1-20-29-26-17-25(11-12-27(26)36-20)35-19-24(33)18-31-13-15-32(16-14-31)30-28(34)23-9-7-22(8-10-23)21-5-3-2-4-6-21/h7-12,17,21,24,33H,2-6,13-16,18-19H2,1H3,(H,30,34)/t24-/m1/s1. The van der Waals surface area contributed by atoms with Crippen LogP contribution >= 0.6 is 11.3 Å². The van der Waals surface area contributed by atoms with Crippen molar-refractivity contribution in [3.63, 3.8) is 0 Å². The molecule has 8 heteroatoms. The van der Waals surface area contributed by atoms with Gasteiger partial charge in [-0.25, -0.2) is 9.99 Å². The van der Waals surface area contributed by atoms with Gasteiger partial charge in [-0.15, -0.1) is 11.3 Å². The molecule has 7 nitrogen and oxygen atoms in total. The lowest BCUT2D eigenvalue weighted by Gasteiger charge is -2.35. The van der Waals surface area contributed by atoms with Gasteiger partial charge in [0.05, 0.1) is 15.2 Å². The Hall–Kier alpha value is -2.52. The Kier molecular flexibility index (Phi) is 8.16. The minimum absolute atomic E-state index is 0.0562. The Bertz CT molecular complexity index is 1150. The molecule has 1 saturated heterocycles. The summed E-state index contributed by atoms with van der Waals surface area (Å²) in [6, 6.07) is 14.0. The van der Waals surface area contributed by atoms with E-state index in [9.17, 15) is 9.90 Å². The number of aliphatic hydroxyl groups excluding tert-OH is 1. The van der Waals surface area contributed by atoms with Gasteiger partial charge >= 0.3 is 0 Å². The number of carbonyl (C=O) groups is 1. The van der Waals surface area contributed by atoms with Crippen LogP contribution in [0.3, 0.4) is 0 Å². The van der Waals surface area contributed by atoms with Gasteiger partial charge in [0.2, 0.25) is 0 Å². The van der Waals surface area contributed by atoms with Crippen molar-refractivity contribution in [1.82, 2.24) is 20.3 Å². The summed E-state index contributed by atoms with van der Waals surface area (Å²) in [6.07, 6.45) is 5.92. The Morgan fingerprint density at radius 2 is 1.86 bits per heavy atom. The van der Waals surface area contributed by atoms with E-state index in [4.69, 9.17) is 4.74 Å². The first kappa shape index (κ1) is 25.1. The van der Waals surface area contributed by atoms with Crippen LogP contribution in [0, 0.1) is 6.92 Å². The van der Waals surface area contributed by atoms with Crippen molar-refractivity contribution in [2.75, 3.05) is 39.3 Å². The number of fused-ring (bicyclic) bond motifs is 1. The highest BCUT2D eigenvalue weighted by Crippen LogP contribution is 2.32. The Morgan fingerprint density at radius 3 is 2.61 bits per heavy atom. The van der Waals surface area contributed by atoms with Crippen LogP contribution in [0.15, 0.2) is 42.5 Å². The second kappa shape index (κ2) is 11.7. The number of ether oxygens (including phenoxy) is 1. The maximum absolute atomic E-state index is 12.7. The highest BCUT2D eigenvalue weighted by atomic mass is 32.1. The molecule has 2 fully saturated rings. The topological polar surface area (TPSA) is 77.9 Å². The highest BCUT2D eigenvalue weighted by molar-refractivity contribution is 7.18. The van der Waals surface area contributed by atoms with Gasteiger partial charge in [0.25, 0.3) is 5.91 Å². The van der Waals surface area contributed by atoms with Crippen LogP contribution in [0.1, 0.15) is 59.0 Å². The van der Waals surface area contributed by atoms with Crippen molar-refractivity contribution in [1.29, 1.82) is 0 Å². The SMILES string of the molecule is Cc1nc2cc(OC[C@H](O)CN3CCN(NC(=O)c4ccc(C5CCCCC5)cc4)CC3)ccc2s1. The smallest absolute Gasteiger partial charge is 0.265 e. The quantitative estimate of drug-likeness (QED) is 0.471. The van der Waals surface area contributed by atoms with Crippen LogP contribution in [0.4, 0.5) is 0 Å². The number of aliphatic hydroxyl groups is 1. The monoisotopic (exact) mass is 508 g/mol. The molecule has 36 heavy (non-hydrogen) atoms. The van der Waals surface area contributed by atoms with Gasteiger partial charge in [-0.05, 0) is 55.5 Å². The van der Waals surface area contributed by atoms with Crippen LogP contribution in [-0.4, -0.2) is 71.3 Å². The number of aryl methyl sites for hydroxylation is 1. The molecule has 2 N–H and O–H groups in total. The molecule has 2 aromatic carbocycles. The summed E-state index contributed by atoms with van der Waals surface area (Å²) in [5, 5.41) is 13.5. The molecule has 0 radical (unpaired) electrons. The van der Waals surface area contributed by atoms with Crippen molar-refractivity contribution >= 4 is 27.5 Å². The summed E-state index contributed by atoms with van der Waals surface area (Å²) >= 11 is 1.66. The second-order valence-corrected chi connectivity index (χ2v) is 11.2. The van der Waals surface area contributed by atoms with Gasteiger partial charge in [0.1, 0.15) is 18.5 Å². The number of amides is 1. The highest BCUT2D eigenvalue weighted by Gasteiger charge is 2.22. The number of hydrazine groups is 1. The number of benzene rings is 2. The predicted octanol–water partition coefficient (Wildman–Crippen LogP) is 4.35. The second-order valence-electron chi connectivity index (χ2n) is 10.0. The molecule has 5 rings (SSSR count). The third kappa shape index (κ3) is 6.42. The fraction of sp³-hybridized carbons (Fsp3) is 0.500. The molecule has 1 aliphatic heterocycles. The largest absolute Gasteiger partial charge is 0.491 e. The molecule has 192 valence electrons. The van der Waals surface area contributed by atoms with Crippen molar-refractivity contribution in [2.24, 2.45) is 0 Å². The maximum Gasteiger partial charge on any atom is 0.265 e. The van der Waals surface area contributed by atoms with Crippen molar-refractivity contribution < 1.29 is 14.6 Å². The first-order valence-corrected chi connectivity index (χ1v) is 13.9. The molecule has 1 amide bonds. The van der Waals surface area contributed by atoms with Crippen molar-refractivity contribution in [2.45, 2.75) is 51.0 Å². The van der Waals surface area contributed by atoms with E-state index >= 15 is 0 Å². The van der Waals surface area contributed by atoms with Crippen LogP contribution in [0.5, 0.6) is 5.75 Å². The van der Waals surface area contributed by atoms with Crippen molar-refractivity contribution in [3.05, 3.63) is 58.6 Å². The number of β-amino-alcohol motifs (C(OH)–C–C–N with tert-alkyl or cyclic N) is 1. The lowest BCUT2D eigenvalue weighted by molar-refractivity contribution is 0.0317. The van der Waals surface area contributed by atoms with E-state index in [1.165, 1.54) is 37.7 Å². The average molecular weight is 509 g/mol. The molecule has 2 heterocycles. The van der Waals surface area contributed by atoms with Crippen LogP contribution in [0.2, 0.25) is 0 Å². The summed E-state index contributed by atoms with van der Waals surface area (Å²) in [4.78, 5) is 19.4. The number of hydrogen-bond acceptors (Lipinski definition) is 7. The molecule has 2 aliphatic rings. The lowest BCUT2D eigenvalue weighted by atomic mass is 9.84. The summed E-state index contributed by atoms with van der Waals surface area (Å²) < 4.78 is 6.96. The van der Waals surface area contributed by atoms with Crippen LogP contribution in [0.25, 0.3) is 10.2 Å². The first-order chi connectivity index (χ1) is 17.5. The number of hydrogen-bond donors (Lipinski definition) is 2. The van der Waals surface area contributed by atoms with E-state index < -0.39 is 6.10 Å². The first-order valence-electron chi connectivity index (χ1n) is 13.1. The Balaban J connectivity index is 1.03. The third-order valence-corrected chi connectivity index (χ3v) is 8.21. The van der Waals surface area contributed by atoms with Crippen molar-refractivity contribution in [3.8, 4) is 5.75 Å². The van der Waals surface area contributed by atoms with E-state index in [1.807, 2.05) is 42.3 Å². The zero-order chi connectivity index (χ0) is 24.9. The van der Waals surface area contributed by atoms with Gasteiger partial charge in [0.15, 0.2) is 0 Å². The minimum atomic E-state index is -0.582. The number of carbonyl (C=O) groups excluding carboxylic acids is 1. The molecule has 0 bridgehead atoms. The van der Waals surface area contributed by atoms with Gasteiger partial charge in [0, 0.05) is 44.4 Å². The van der Waals surface area contributed by atoms with Gasteiger partial charge in [-0.1, -0.05) is 31.4 Å². The summed E-state index contributed by atoms with van der Waals surface area (Å²) in [5.74, 6) is 1.32. The summed E-state index contributed by atoms with van der Waals surface area (Å²) in [5.41, 5.74) is 6.05. The number of thiazole rings is 1. The zero-order valence-corrected chi connectivity index (χ0v) is 21.8. The van der Waals surface area contributed by atoms with E-state index in [0.29, 0.717) is 18.0 Å². The molecule has 1 aromatic heterocycles. The molecule has 1 atom stereocenters. The van der Waals surface area contributed by atoms with Crippen LogP contribution < -0.4 is 10.2 Å². The fourth-order valence-electron chi connectivity index (χ4n) is 5.25. The minimum Gasteiger partial charge on any atom is -0.491 e. The fourth-order valence-corrected chi connectivity index (χ4v) is 6.06. The number of aromatic nitrogens is 1. The van der Waals surface area contributed by atoms with E-state index in [1.54, 1.807) is 11.3 Å². The van der Waals surface area contributed by atoms with Gasteiger partial charge in [-0.2, -0.15) is 0 Å². The number of nitrogens with zero attached hydrogens (tertiary/aromatic N) is 3. The predicted molar refractivity (Wildman–Crippen MR) is 144 cm³/mol. The van der Waals surface area contributed by atoms with E-state index in [-0.39, 0.29) is 12.5 Å². The Morgan fingerprint density at radius 1 is 1.11 bits per heavy atom. The maximum atomic E-state index is 12.7. The van der Waals surface area contributed by atoms with E-state index in [0.717, 1.165) is 47.2 Å². The van der Waals surface area contributed by atoms with Gasteiger partial charge in [-0.3, -0.25) is 15.1 Å². The average Bonchev–Trinajstić information content (AvgIpc) is 3.28. The third-order valence-electron chi connectivity index (χ3n) is 7.26. The molecular weight excluding hydrogens is 472 g/mol. The molecule has 1 aliphatic carbocycles. The van der Waals surface area contributed by atoms with E-state index in [2.05, 4.69) is 27.4 Å². The normalized spacial score (nSPS) is 18.8. The summed E-state index contributed by atoms with van der Waals surface area (Å²) in [7, 11) is 0. The number of rotatable bonds is 8. The summed E-state index contributed by atoms with van der Waals surface area (Å²) in [6.45, 7) is 5.78. The molecule has 0 spiro atoms.